The zero-order chi connectivity index (χ0) is 18.8. The highest BCUT2D eigenvalue weighted by atomic mass is 16.5. The Kier molecular flexibility index (Phi) is 4.66. The maximum atomic E-state index is 12.4. The van der Waals surface area contributed by atoms with Gasteiger partial charge in [0.2, 0.25) is 5.75 Å². The van der Waals surface area contributed by atoms with Gasteiger partial charge in [0.25, 0.3) is 5.56 Å². The minimum atomic E-state index is -0.146. The van der Waals surface area contributed by atoms with Gasteiger partial charge in [-0.05, 0) is 23.8 Å². The first-order chi connectivity index (χ1) is 12.5. The van der Waals surface area contributed by atoms with E-state index < -0.39 is 0 Å². The summed E-state index contributed by atoms with van der Waals surface area (Å²) in [7, 11) is 8.11. The Morgan fingerprint density at radius 2 is 1.65 bits per heavy atom. The van der Waals surface area contributed by atoms with Crippen molar-refractivity contribution in [1.29, 1.82) is 0 Å². The predicted octanol–water partition coefficient (Wildman–Crippen LogP) is 1.86. The molecule has 0 bridgehead atoms. The van der Waals surface area contributed by atoms with E-state index in [2.05, 4.69) is 10.1 Å². The van der Waals surface area contributed by atoms with Gasteiger partial charge in [0.15, 0.2) is 17.1 Å². The number of rotatable bonds is 5. The first kappa shape index (κ1) is 17.5. The standard InChI is InChI=1S/C18H20N4O4/c1-21-15(20-17-12(18(21)23)10-19-22(17)2)7-6-11-8-13(24-3)16(26-5)14(9-11)25-4/h6-10H,1-5H3. The summed E-state index contributed by atoms with van der Waals surface area (Å²) in [6.07, 6.45) is 5.11. The number of fused-ring (bicyclic) bond motifs is 1. The fourth-order valence-electron chi connectivity index (χ4n) is 2.70. The summed E-state index contributed by atoms with van der Waals surface area (Å²) in [4.78, 5) is 17.0. The van der Waals surface area contributed by atoms with Crippen molar-refractivity contribution in [2.45, 2.75) is 0 Å². The highest BCUT2D eigenvalue weighted by molar-refractivity contribution is 5.76. The highest BCUT2D eigenvalue weighted by Gasteiger charge is 2.13. The van der Waals surface area contributed by atoms with Crippen LogP contribution in [0.25, 0.3) is 23.2 Å². The Bertz CT molecular complexity index is 1020. The molecule has 3 rings (SSSR count). The summed E-state index contributed by atoms with van der Waals surface area (Å²) in [5, 5.41) is 4.58. The van der Waals surface area contributed by atoms with Gasteiger partial charge in [0.05, 0.1) is 27.5 Å². The van der Waals surface area contributed by atoms with Gasteiger partial charge in [0.1, 0.15) is 11.2 Å². The van der Waals surface area contributed by atoms with Crippen molar-refractivity contribution in [2.24, 2.45) is 14.1 Å². The number of aryl methyl sites for hydroxylation is 1. The van der Waals surface area contributed by atoms with E-state index in [1.807, 2.05) is 18.2 Å². The zero-order valence-electron chi connectivity index (χ0n) is 15.3. The Labute approximate surface area is 150 Å². The van der Waals surface area contributed by atoms with E-state index in [9.17, 15) is 4.79 Å². The fourth-order valence-corrected chi connectivity index (χ4v) is 2.70. The molecule has 0 saturated carbocycles. The molecule has 0 radical (unpaired) electrons. The lowest BCUT2D eigenvalue weighted by atomic mass is 10.1. The Morgan fingerprint density at radius 1 is 1.00 bits per heavy atom. The topological polar surface area (TPSA) is 80.4 Å². The second-order valence-electron chi connectivity index (χ2n) is 5.63. The molecule has 0 N–H and O–H groups in total. The number of hydrogen-bond acceptors (Lipinski definition) is 6. The zero-order valence-corrected chi connectivity index (χ0v) is 15.3. The van der Waals surface area contributed by atoms with E-state index in [1.54, 1.807) is 46.2 Å². The summed E-state index contributed by atoms with van der Waals surface area (Å²) in [6.45, 7) is 0. The maximum Gasteiger partial charge on any atom is 0.264 e. The molecule has 0 aliphatic rings. The minimum Gasteiger partial charge on any atom is -0.493 e. The van der Waals surface area contributed by atoms with Gasteiger partial charge in [-0.2, -0.15) is 5.10 Å². The summed E-state index contributed by atoms with van der Waals surface area (Å²) >= 11 is 0. The highest BCUT2D eigenvalue weighted by Crippen LogP contribution is 2.38. The molecule has 2 heterocycles. The SMILES string of the molecule is COc1cc(C=Cc2nc3c(cnn3C)c(=O)n2C)cc(OC)c1OC. The third-order valence-corrected chi connectivity index (χ3v) is 4.12. The van der Waals surface area contributed by atoms with Crippen LogP contribution in [0.5, 0.6) is 17.2 Å². The first-order valence-electron chi connectivity index (χ1n) is 7.87. The van der Waals surface area contributed by atoms with Crippen LogP contribution in [-0.2, 0) is 14.1 Å². The molecule has 8 heteroatoms. The molecule has 0 amide bonds. The van der Waals surface area contributed by atoms with Crippen LogP contribution >= 0.6 is 0 Å². The van der Waals surface area contributed by atoms with Gasteiger partial charge < -0.3 is 14.2 Å². The Morgan fingerprint density at radius 3 is 2.23 bits per heavy atom. The lowest BCUT2D eigenvalue weighted by Gasteiger charge is -2.12. The number of nitrogens with zero attached hydrogens (tertiary/aromatic N) is 4. The molecular weight excluding hydrogens is 336 g/mol. The molecule has 0 fully saturated rings. The van der Waals surface area contributed by atoms with E-state index >= 15 is 0 Å². The summed E-state index contributed by atoms with van der Waals surface area (Å²) in [5.41, 5.74) is 1.21. The van der Waals surface area contributed by atoms with E-state index in [-0.39, 0.29) is 5.56 Å². The van der Waals surface area contributed by atoms with E-state index in [0.717, 1.165) is 5.56 Å². The molecule has 1 aromatic carbocycles. The van der Waals surface area contributed by atoms with Crippen molar-refractivity contribution in [3.05, 3.63) is 40.1 Å². The number of aromatic nitrogens is 4. The molecule has 0 saturated heterocycles. The van der Waals surface area contributed by atoms with Crippen LogP contribution < -0.4 is 19.8 Å². The summed E-state index contributed by atoms with van der Waals surface area (Å²) in [5.74, 6) is 2.14. The summed E-state index contributed by atoms with van der Waals surface area (Å²) < 4.78 is 19.1. The monoisotopic (exact) mass is 356 g/mol. The first-order valence-corrected chi connectivity index (χ1v) is 7.87. The Balaban J connectivity index is 2.08. The van der Waals surface area contributed by atoms with Gasteiger partial charge in [-0.1, -0.05) is 6.08 Å². The van der Waals surface area contributed by atoms with Crippen LogP contribution in [0, 0.1) is 0 Å². The predicted molar refractivity (Wildman–Crippen MR) is 98.8 cm³/mol. The van der Waals surface area contributed by atoms with Gasteiger partial charge in [-0.3, -0.25) is 14.0 Å². The molecule has 3 aromatic rings. The molecule has 8 nitrogen and oxygen atoms in total. The molecule has 0 aliphatic carbocycles. The molecule has 2 aromatic heterocycles. The molecule has 0 atom stereocenters. The van der Waals surface area contributed by atoms with Crippen molar-refractivity contribution >= 4 is 23.2 Å². The minimum absolute atomic E-state index is 0.146. The second-order valence-corrected chi connectivity index (χ2v) is 5.63. The van der Waals surface area contributed by atoms with Crippen molar-refractivity contribution in [2.75, 3.05) is 21.3 Å². The molecule has 0 unspecified atom stereocenters. The van der Waals surface area contributed by atoms with Crippen LogP contribution in [0.1, 0.15) is 11.4 Å². The second kappa shape index (κ2) is 6.91. The van der Waals surface area contributed by atoms with Crippen LogP contribution in [0.4, 0.5) is 0 Å². The quantitative estimate of drug-likeness (QED) is 0.694. The van der Waals surface area contributed by atoms with Crippen LogP contribution in [0.2, 0.25) is 0 Å². The van der Waals surface area contributed by atoms with Crippen LogP contribution in [0.3, 0.4) is 0 Å². The number of benzene rings is 1. The van der Waals surface area contributed by atoms with Gasteiger partial charge in [0, 0.05) is 14.1 Å². The molecule has 0 spiro atoms. The Hall–Kier alpha value is -3.29. The largest absolute Gasteiger partial charge is 0.493 e. The van der Waals surface area contributed by atoms with Gasteiger partial charge in [-0.15, -0.1) is 0 Å². The van der Waals surface area contributed by atoms with E-state index in [4.69, 9.17) is 14.2 Å². The van der Waals surface area contributed by atoms with E-state index in [1.165, 1.54) is 10.8 Å². The van der Waals surface area contributed by atoms with Crippen molar-refractivity contribution in [1.82, 2.24) is 19.3 Å². The number of hydrogen-bond donors (Lipinski definition) is 0. The van der Waals surface area contributed by atoms with Crippen LogP contribution in [0.15, 0.2) is 23.1 Å². The molecule has 26 heavy (non-hydrogen) atoms. The normalized spacial score (nSPS) is 11.3. The molecule has 136 valence electrons. The average Bonchev–Trinajstić information content (AvgIpc) is 3.03. The number of methoxy groups -OCH3 is 3. The number of ether oxygens (including phenoxy) is 3. The lowest BCUT2D eigenvalue weighted by molar-refractivity contribution is 0.324. The maximum absolute atomic E-state index is 12.4. The van der Waals surface area contributed by atoms with Crippen molar-refractivity contribution < 1.29 is 14.2 Å². The molecular formula is C18H20N4O4. The third kappa shape index (κ3) is 2.90. The van der Waals surface area contributed by atoms with Gasteiger partial charge >= 0.3 is 0 Å². The van der Waals surface area contributed by atoms with Crippen molar-refractivity contribution in [3.63, 3.8) is 0 Å². The molecule has 0 aliphatic heterocycles. The third-order valence-electron chi connectivity index (χ3n) is 4.12. The van der Waals surface area contributed by atoms with Crippen molar-refractivity contribution in [3.8, 4) is 17.2 Å². The van der Waals surface area contributed by atoms with Crippen LogP contribution in [-0.4, -0.2) is 40.7 Å². The fraction of sp³-hybridized carbons (Fsp3) is 0.278. The smallest absolute Gasteiger partial charge is 0.264 e. The van der Waals surface area contributed by atoms with Gasteiger partial charge in [-0.25, -0.2) is 4.98 Å². The average molecular weight is 356 g/mol. The summed E-state index contributed by atoms with van der Waals surface area (Å²) in [6, 6.07) is 3.64. The van der Waals surface area contributed by atoms with E-state index in [0.29, 0.717) is 34.1 Å². The lowest BCUT2D eigenvalue weighted by Crippen LogP contribution is -2.20.